The van der Waals surface area contributed by atoms with E-state index in [-0.39, 0.29) is 17.7 Å². The Labute approximate surface area is 164 Å². The number of hydrogen-bond acceptors (Lipinski definition) is 4. The predicted molar refractivity (Wildman–Crippen MR) is 110 cm³/mol. The van der Waals surface area contributed by atoms with E-state index in [1.807, 2.05) is 25.1 Å². The molecule has 0 spiro atoms. The minimum absolute atomic E-state index is 0.0667. The summed E-state index contributed by atoms with van der Waals surface area (Å²) in [5.41, 5.74) is 3.22. The molecule has 1 aliphatic carbocycles. The molecule has 0 bridgehead atoms. The first-order chi connectivity index (χ1) is 13.0. The van der Waals surface area contributed by atoms with Gasteiger partial charge in [-0.2, -0.15) is 0 Å². The second kappa shape index (κ2) is 8.67. The van der Waals surface area contributed by atoms with Crippen molar-refractivity contribution in [1.29, 1.82) is 0 Å². The quantitative estimate of drug-likeness (QED) is 0.727. The zero-order valence-corrected chi connectivity index (χ0v) is 17.0. The molecule has 2 amide bonds. The summed E-state index contributed by atoms with van der Waals surface area (Å²) in [6.07, 6.45) is 1.94. The van der Waals surface area contributed by atoms with Crippen LogP contribution in [0.15, 0.2) is 30.3 Å². The molecule has 1 aromatic carbocycles. The Morgan fingerprint density at radius 2 is 1.96 bits per heavy atom. The molecule has 0 saturated heterocycles. The highest BCUT2D eigenvalue weighted by Crippen LogP contribution is 2.32. The van der Waals surface area contributed by atoms with Gasteiger partial charge >= 0.3 is 0 Å². The van der Waals surface area contributed by atoms with Gasteiger partial charge in [0, 0.05) is 19.0 Å². The standard InChI is InChI=1S/C21H27N3O2S/c1-4-24(3)13-16-7-5-6-15(11-16)12-22-21(26)19-14(2)10-18(27-19)23-20(25)17-8-9-17/h5-7,10-11,17H,4,8-9,12-13H2,1-3H3,(H,22,26)(H,23,25). The topological polar surface area (TPSA) is 61.4 Å². The number of aryl methyl sites for hydroxylation is 1. The summed E-state index contributed by atoms with van der Waals surface area (Å²) in [6, 6.07) is 10.2. The van der Waals surface area contributed by atoms with Crippen molar-refractivity contribution in [2.75, 3.05) is 18.9 Å². The van der Waals surface area contributed by atoms with Crippen LogP contribution >= 0.6 is 11.3 Å². The van der Waals surface area contributed by atoms with Crippen LogP contribution in [0.4, 0.5) is 5.00 Å². The SMILES string of the molecule is CCN(C)Cc1cccc(CNC(=O)c2sc(NC(=O)C3CC3)cc2C)c1. The molecular weight excluding hydrogens is 358 g/mol. The third-order valence-corrected chi connectivity index (χ3v) is 5.91. The van der Waals surface area contributed by atoms with E-state index in [1.54, 1.807) is 0 Å². The summed E-state index contributed by atoms with van der Waals surface area (Å²) >= 11 is 1.34. The molecule has 0 aliphatic heterocycles. The van der Waals surface area contributed by atoms with Crippen LogP contribution in [0.25, 0.3) is 0 Å². The number of nitrogens with zero attached hydrogens (tertiary/aromatic N) is 1. The highest BCUT2D eigenvalue weighted by atomic mass is 32.1. The number of carbonyl (C=O) groups is 2. The number of amides is 2. The van der Waals surface area contributed by atoms with E-state index in [2.05, 4.69) is 41.6 Å². The van der Waals surface area contributed by atoms with Crippen LogP contribution in [0.5, 0.6) is 0 Å². The van der Waals surface area contributed by atoms with Crippen molar-refractivity contribution >= 4 is 28.2 Å². The van der Waals surface area contributed by atoms with Gasteiger partial charge in [-0.3, -0.25) is 9.59 Å². The molecule has 2 N–H and O–H groups in total. The molecule has 1 fully saturated rings. The molecule has 1 aromatic heterocycles. The zero-order chi connectivity index (χ0) is 19.4. The number of nitrogens with one attached hydrogen (secondary N) is 2. The number of rotatable bonds is 8. The van der Waals surface area contributed by atoms with Gasteiger partial charge in [0.1, 0.15) is 0 Å². The lowest BCUT2D eigenvalue weighted by atomic mass is 10.1. The van der Waals surface area contributed by atoms with Crippen molar-refractivity contribution in [1.82, 2.24) is 10.2 Å². The first-order valence-corrected chi connectivity index (χ1v) is 10.2. The van der Waals surface area contributed by atoms with Crippen LogP contribution in [-0.2, 0) is 17.9 Å². The van der Waals surface area contributed by atoms with Gasteiger partial charge in [-0.25, -0.2) is 0 Å². The van der Waals surface area contributed by atoms with Crippen molar-refractivity contribution in [3.8, 4) is 0 Å². The lowest BCUT2D eigenvalue weighted by molar-refractivity contribution is -0.117. The smallest absolute Gasteiger partial charge is 0.261 e. The fourth-order valence-electron chi connectivity index (χ4n) is 2.86. The number of benzene rings is 1. The Bertz CT molecular complexity index is 827. The van der Waals surface area contributed by atoms with Crippen LogP contribution in [0.2, 0.25) is 0 Å². The largest absolute Gasteiger partial charge is 0.347 e. The average Bonchev–Trinajstić information content (AvgIpc) is 3.44. The average molecular weight is 386 g/mol. The van der Waals surface area contributed by atoms with Crippen LogP contribution in [0.3, 0.4) is 0 Å². The monoisotopic (exact) mass is 385 g/mol. The summed E-state index contributed by atoms with van der Waals surface area (Å²) < 4.78 is 0. The van der Waals surface area contributed by atoms with E-state index in [4.69, 9.17) is 0 Å². The minimum atomic E-state index is -0.0968. The third-order valence-electron chi connectivity index (χ3n) is 4.76. The van der Waals surface area contributed by atoms with Crippen molar-refractivity contribution < 1.29 is 9.59 Å². The van der Waals surface area contributed by atoms with Crippen LogP contribution < -0.4 is 10.6 Å². The van der Waals surface area contributed by atoms with E-state index in [0.717, 1.165) is 42.1 Å². The van der Waals surface area contributed by atoms with Gasteiger partial charge in [0.05, 0.1) is 9.88 Å². The lowest BCUT2D eigenvalue weighted by Crippen LogP contribution is -2.22. The Kier molecular flexibility index (Phi) is 6.29. The molecule has 0 radical (unpaired) electrons. The Morgan fingerprint density at radius 1 is 1.22 bits per heavy atom. The molecule has 0 atom stereocenters. The predicted octanol–water partition coefficient (Wildman–Crippen LogP) is 3.79. The Balaban J connectivity index is 1.58. The van der Waals surface area contributed by atoms with E-state index in [0.29, 0.717) is 11.4 Å². The third kappa shape index (κ3) is 5.40. The van der Waals surface area contributed by atoms with E-state index in [1.165, 1.54) is 16.9 Å². The highest BCUT2D eigenvalue weighted by molar-refractivity contribution is 7.18. The Hall–Kier alpha value is -2.18. The second-order valence-corrected chi connectivity index (χ2v) is 8.27. The molecule has 27 heavy (non-hydrogen) atoms. The van der Waals surface area contributed by atoms with Crippen LogP contribution in [-0.4, -0.2) is 30.3 Å². The van der Waals surface area contributed by atoms with Crippen LogP contribution in [0.1, 0.15) is 46.1 Å². The summed E-state index contributed by atoms with van der Waals surface area (Å²) in [7, 11) is 2.09. The zero-order valence-electron chi connectivity index (χ0n) is 16.2. The molecule has 3 rings (SSSR count). The molecule has 2 aromatic rings. The van der Waals surface area contributed by atoms with Gasteiger partial charge in [-0.05, 0) is 56.1 Å². The van der Waals surface area contributed by atoms with Gasteiger partial charge in [0.2, 0.25) is 5.91 Å². The summed E-state index contributed by atoms with van der Waals surface area (Å²) in [4.78, 5) is 27.4. The van der Waals surface area contributed by atoms with Gasteiger partial charge in [0.15, 0.2) is 0 Å². The molecule has 0 unspecified atom stereocenters. The first-order valence-electron chi connectivity index (χ1n) is 9.42. The number of carbonyl (C=O) groups excluding carboxylic acids is 2. The Morgan fingerprint density at radius 3 is 2.67 bits per heavy atom. The van der Waals surface area contributed by atoms with Gasteiger partial charge in [0.25, 0.3) is 5.91 Å². The van der Waals surface area contributed by atoms with Gasteiger partial charge in [-0.1, -0.05) is 31.2 Å². The summed E-state index contributed by atoms with van der Waals surface area (Å²) in [5.74, 6) is 0.126. The van der Waals surface area contributed by atoms with E-state index in [9.17, 15) is 9.59 Å². The van der Waals surface area contributed by atoms with Crippen molar-refractivity contribution in [3.05, 3.63) is 51.9 Å². The maximum absolute atomic E-state index is 12.6. The minimum Gasteiger partial charge on any atom is -0.347 e. The van der Waals surface area contributed by atoms with Crippen molar-refractivity contribution in [2.45, 2.75) is 39.8 Å². The van der Waals surface area contributed by atoms with E-state index >= 15 is 0 Å². The van der Waals surface area contributed by atoms with Gasteiger partial charge < -0.3 is 15.5 Å². The normalized spacial score (nSPS) is 13.6. The van der Waals surface area contributed by atoms with Crippen molar-refractivity contribution in [3.63, 3.8) is 0 Å². The number of hydrogen-bond donors (Lipinski definition) is 2. The molecule has 1 heterocycles. The van der Waals surface area contributed by atoms with E-state index < -0.39 is 0 Å². The molecule has 144 valence electrons. The molecule has 1 saturated carbocycles. The molecule has 1 aliphatic rings. The highest BCUT2D eigenvalue weighted by Gasteiger charge is 2.30. The molecule has 6 heteroatoms. The molecular formula is C21H27N3O2S. The number of anilines is 1. The molecule has 5 nitrogen and oxygen atoms in total. The maximum atomic E-state index is 12.6. The van der Waals surface area contributed by atoms with Gasteiger partial charge in [-0.15, -0.1) is 11.3 Å². The lowest BCUT2D eigenvalue weighted by Gasteiger charge is -2.14. The second-order valence-electron chi connectivity index (χ2n) is 7.22. The van der Waals surface area contributed by atoms with Crippen molar-refractivity contribution in [2.24, 2.45) is 5.92 Å². The number of thiophene rings is 1. The fourth-order valence-corrected chi connectivity index (χ4v) is 3.85. The van der Waals surface area contributed by atoms with Crippen LogP contribution in [0, 0.1) is 12.8 Å². The first kappa shape index (κ1) is 19.6. The summed E-state index contributed by atoms with van der Waals surface area (Å²) in [6.45, 7) is 6.42. The fraction of sp³-hybridized carbons (Fsp3) is 0.429. The maximum Gasteiger partial charge on any atom is 0.261 e. The summed E-state index contributed by atoms with van der Waals surface area (Å²) in [5, 5.41) is 6.67.